The van der Waals surface area contributed by atoms with Gasteiger partial charge < -0.3 is 14.4 Å². The van der Waals surface area contributed by atoms with Crippen molar-refractivity contribution in [3.8, 4) is 0 Å². The second-order valence-electron chi connectivity index (χ2n) is 7.70. The van der Waals surface area contributed by atoms with E-state index in [0.29, 0.717) is 26.2 Å². The van der Waals surface area contributed by atoms with E-state index in [9.17, 15) is 18.0 Å². The molecule has 0 bridgehead atoms. The predicted octanol–water partition coefficient (Wildman–Crippen LogP) is 1.39. The number of amides is 1. The van der Waals surface area contributed by atoms with Crippen molar-refractivity contribution >= 4 is 15.9 Å². The second-order valence-corrected chi connectivity index (χ2v) is 9.63. The van der Waals surface area contributed by atoms with E-state index in [0.717, 1.165) is 12.1 Å². The number of hydrogen-bond acceptors (Lipinski definition) is 5. The average molecular weight is 447 g/mol. The minimum absolute atomic E-state index is 0.0154. The second kappa shape index (κ2) is 9.76. The Morgan fingerprint density at radius 2 is 1.74 bits per heavy atom. The number of nitrogens with zero attached hydrogens (tertiary/aromatic N) is 4. The third kappa shape index (κ3) is 5.06. The molecule has 1 amide bonds. The summed E-state index contributed by atoms with van der Waals surface area (Å²) in [5, 5.41) is 0. The Balaban J connectivity index is 1.88. The molecule has 8 nitrogen and oxygen atoms in total. The lowest BCUT2D eigenvalue weighted by Crippen LogP contribution is -2.50. The maximum Gasteiger partial charge on any atom is 0.251 e. The number of aromatic nitrogens is 1. The standard InChI is InChI=1S/C22H30N4O4S/c1-4-25(5-2)31(29,30)19-11-12-21(27)24(15-19)17-22(28)26-14-13-23(3)16-20(26)18-9-7-6-8-10-18/h6-12,15,20H,4-5,13-14,16-17H2,1-3H3. The van der Waals surface area contributed by atoms with E-state index in [1.165, 1.54) is 27.2 Å². The normalized spacial score (nSPS) is 17.8. The molecule has 2 heterocycles. The van der Waals surface area contributed by atoms with Crippen molar-refractivity contribution in [3.05, 3.63) is 64.6 Å². The fraction of sp³-hybridized carbons (Fsp3) is 0.455. The first-order valence-electron chi connectivity index (χ1n) is 10.5. The van der Waals surface area contributed by atoms with E-state index in [2.05, 4.69) is 4.90 Å². The van der Waals surface area contributed by atoms with Crippen molar-refractivity contribution in [1.82, 2.24) is 18.7 Å². The van der Waals surface area contributed by atoms with Crippen LogP contribution in [0, 0.1) is 0 Å². The molecule has 1 aromatic carbocycles. The third-order valence-corrected chi connectivity index (χ3v) is 7.73. The van der Waals surface area contributed by atoms with Gasteiger partial charge in [-0.25, -0.2) is 8.42 Å². The highest BCUT2D eigenvalue weighted by molar-refractivity contribution is 7.89. The quantitative estimate of drug-likeness (QED) is 0.642. The fourth-order valence-electron chi connectivity index (χ4n) is 3.91. The summed E-state index contributed by atoms with van der Waals surface area (Å²) >= 11 is 0. The van der Waals surface area contributed by atoms with Gasteiger partial charge in [0.25, 0.3) is 5.56 Å². The Morgan fingerprint density at radius 3 is 2.39 bits per heavy atom. The van der Waals surface area contributed by atoms with Crippen LogP contribution < -0.4 is 5.56 Å². The number of sulfonamides is 1. The van der Waals surface area contributed by atoms with Gasteiger partial charge in [-0.2, -0.15) is 4.31 Å². The van der Waals surface area contributed by atoms with Crippen molar-refractivity contribution in [2.75, 3.05) is 39.8 Å². The zero-order chi connectivity index (χ0) is 22.6. The van der Waals surface area contributed by atoms with Crippen LogP contribution in [-0.2, 0) is 21.4 Å². The molecule has 1 unspecified atom stereocenters. The summed E-state index contributed by atoms with van der Waals surface area (Å²) in [6, 6.07) is 12.2. The monoisotopic (exact) mass is 446 g/mol. The summed E-state index contributed by atoms with van der Waals surface area (Å²) in [5.41, 5.74) is 0.629. The summed E-state index contributed by atoms with van der Waals surface area (Å²) < 4.78 is 28.2. The molecule has 2 aromatic rings. The first-order valence-corrected chi connectivity index (χ1v) is 12.0. The number of likely N-dealkylation sites (N-methyl/N-ethyl adjacent to an activating group) is 1. The van der Waals surface area contributed by atoms with Gasteiger partial charge in [-0.05, 0) is 18.7 Å². The van der Waals surface area contributed by atoms with Crippen LogP contribution in [0.5, 0.6) is 0 Å². The van der Waals surface area contributed by atoms with E-state index in [1.807, 2.05) is 37.4 Å². The Hall–Kier alpha value is -2.49. The summed E-state index contributed by atoms with van der Waals surface area (Å²) in [6.07, 6.45) is 1.28. The lowest BCUT2D eigenvalue weighted by molar-refractivity contribution is -0.136. The van der Waals surface area contributed by atoms with Crippen LogP contribution in [0.15, 0.2) is 58.4 Å². The highest BCUT2D eigenvalue weighted by atomic mass is 32.2. The van der Waals surface area contributed by atoms with E-state index < -0.39 is 15.6 Å². The number of pyridine rings is 1. The molecule has 0 spiro atoms. The van der Waals surface area contributed by atoms with Crippen LogP contribution in [0.1, 0.15) is 25.5 Å². The maximum absolute atomic E-state index is 13.2. The molecule has 168 valence electrons. The number of piperazine rings is 1. The van der Waals surface area contributed by atoms with Gasteiger partial charge in [0, 0.05) is 45.0 Å². The van der Waals surface area contributed by atoms with Crippen LogP contribution in [0.4, 0.5) is 0 Å². The average Bonchev–Trinajstić information content (AvgIpc) is 2.76. The van der Waals surface area contributed by atoms with Crippen molar-refractivity contribution in [3.63, 3.8) is 0 Å². The summed E-state index contributed by atoms with van der Waals surface area (Å²) in [5.74, 6) is -0.207. The van der Waals surface area contributed by atoms with Crippen molar-refractivity contribution in [1.29, 1.82) is 0 Å². The van der Waals surface area contributed by atoms with Crippen LogP contribution in [-0.4, -0.2) is 72.8 Å². The summed E-state index contributed by atoms with van der Waals surface area (Å²) in [7, 11) is -1.70. The molecule has 1 aromatic heterocycles. The topological polar surface area (TPSA) is 82.9 Å². The predicted molar refractivity (Wildman–Crippen MR) is 119 cm³/mol. The van der Waals surface area contributed by atoms with Crippen LogP contribution in [0.25, 0.3) is 0 Å². The minimum Gasteiger partial charge on any atom is -0.332 e. The zero-order valence-corrected chi connectivity index (χ0v) is 19.1. The molecule has 1 atom stereocenters. The highest BCUT2D eigenvalue weighted by Crippen LogP contribution is 2.25. The maximum atomic E-state index is 13.2. The molecule has 1 fully saturated rings. The Kier molecular flexibility index (Phi) is 7.30. The summed E-state index contributed by atoms with van der Waals surface area (Å²) in [4.78, 5) is 29.6. The van der Waals surface area contributed by atoms with Crippen LogP contribution >= 0.6 is 0 Å². The largest absolute Gasteiger partial charge is 0.332 e. The number of carbonyl (C=O) groups excluding carboxylic acids is 1. The minimum atomic E-state index is -3.72. The first-order chi connectivity index (χ1) is 14.8. The highest BCUT2D eigenvalue weighted by Gasteiger charge is 2.30. The molecule has 0 N–H and O–H groups in total. The van der Waals surface area contributed by atoms with Gasteiger partial charge in [0.15, 0.2) is 0 Å². The lowest BCUT2D eigenvalue weighted by Gasteiger charge is -2.40. The van der Waals surface area contributed by atoms with Crippen LogP contribution in [0.2, 0.25) is 0 Å². The first kappa shape index (κ1) is 23.2. The number of carbonyl (C=O) groups is 1. The van der Waals surface area contributed by atoms with Gasteiger partial charge in [0.2, 0.25) is 15.9 Å². The lowest BCUT2D eigenvalue weighted by atomic mass is 10.0. The van der Waals surface area contributed by atoms with E-state index in [4.69, 9.17) is 0 Å². The van der Waals surface area contributed by atoms with Gasteiger partial charge in [-0.15, -0.1) is 0 Å². The van der Waals surface area contributed by atoms with Crippen molar-refractivity contribution in [2.24, 2.45) is 0 Å². The van der Waals surface area contributed by atoms with Gasteiger partial charge in [-0.1, -0.05) is 44.2 Å². The molecule has 0 aliphatic carbocycles. The SMILES string of the molecule is CCN(CC)S(=O)(=O)c1ccc(=O)n(CC(=O)N2CCN(C)CC2c2ccccc2)c1. The Bertz CT molecular complexity index is 1060. The number of benzene rings is 1. The molecule has 1 aliphatic heterocycles. The molecule has 31 heavy (non-hydrogen) atoms. The molecular weight excluding hydrogens is 416 g/mol. The van der Waals surface area contributed by atoms with E-state index in [-0.39, 0.29) is 23.4 Å². The molecule has 0 radical (unpaired) electrons. The molecule has 0 saturated carbocycles. The Labute approximate surface area is 183 Å². The molecule has 3 rings (SSSR count). The van der Waals surface area contributed by atoms with E-state index >= 15 is 0 Å². The number of rotatable bonds is 7. The van der Waals surface area contributed by atoms with Gasteiger partial charge in [-0.3, -0.25) is 9.59 Å². The van der Waals surface area contributed by atoms with Gasteiger partial charge in [0.1, 0.15) is 6.54 Å². The Morgan fingerprint density at radius 1 is 1.06 bits per heavy atom. The summed E-state index contributed by atoms with van der Waals surface area (Å²) in [6.45, 7) is 5.96. The van der Waals surface area contributed by atoms with E-state index in [1.54, 1.807) is 18.7 Å². The molecule has 1 saturated heterocycles. The molecule has 9 heteroatoms. The number of hydrogen-bond donors (Lipinski definition) is 0. The van der Waals surface area contributed by atoms with Crippen LogP contribution in [0.3, 0.4) is 0 Å². The molecular formula is C22H30N4O4S. The van der Waals surface area contributed by atoms with Crippen molar-refractivity contribution in [2.45, 2.75) is 31.3 Å². The van der Waals surface area contributed by atoms with Gasteiger partial charge >= 0.3 is 0 Å². The smallest absolute Gasteiger partial charge is 0.251 e. The van der Waals surface area contributed by atoms with Gasteiger partial charge in [0.05, 0.1) is 10.9 Å². The molecule has 1 aliphatic rings. The fourth-order valence-corrected chi connectivity index (χ4v) is 5.39. The van der Waals surface area contributed by atoms with Crippen molar-refractivity contribution < 1.29 is 13.2 Å². The zero-order valence-electron chi connectivity index (χ0n) is 18.3. The third-order valence-electron chi connectivity index (χ3n) is 5.69.